The Kier molecular flexibility index (Phi) is 10.9. The molecular formula is C37H38N6O6. The van der Waals surface area contributed by atoms with Gasteiger partial charge in [0.25, 0.3) is 11.8 Å². The number of carbonyl (C=O) groups excluding carboxylic acids is 3. The molecule has 49 heavy (non-hydrogen) atoms. The van der Waals surface area contributed by atoms with E-state index in [-0.39, 0.29) is 35.8 Å². The summed E-state index contributed by atoms with van der Waals surface area (Å²) in [7, 11) is 1.51. The number of hydrogen-bond donors (Lipinski definition) is 2. The standard InChI is InChI=1S/C37H38N6O6/c1-37(2,3)49-36(46)43-18-10-13-26(22-43)40-34(44)25-12-9-11-24(19-25)28-20-31(27-14-5-6-16-32(27)48-23-47-4)41-33(29(28)21-38)42-35(45)30-15-7-8-17-39-30/h5-9,11-12,14-17,19-20,26H,10,13,18,22-23H2,1-4H3,(H,40,44)(H,41,42,45). The zero-order valence-corrected chi connectivity index (χ0v) is 27.9. The van der Waals surface area contributed by atoms with E-state index in [9.17, 15) is 19.6 Å². The molecule has 1 unspecified atom stereocenters. The van der Waals surface area contributed by atoms with Crippen molar-refractivity contribution in [1.29, 1.82) is 5.26 Å². The lowest BCUT2D eigenvalue weighted by Crippen LogP contribution is -2.50. The van der Waals surface area contributed by atoms with Gasteiger partial charge >= 0.3 is 6.09 Å². The molecule has 12 heteroatoms. The Labute approximate surface area is 285 Å². The maximum absolute atomic E-state index is 13.5. The zero-order valence-electron chi connectivity index (χ0n) is 27.9. The summed E-state index contributed by atoms with van der Waals surface area (Å²) in [5, 5.41) is 16.2. The van der Waals surface area contributed by atoms with Crippen LogP contribution in [0.25, 0.3) is 22.4 Å². The Morgan fingerprint density at radius 3 is 2.53 bits per heavy atom. The molecule has 0 spiro atoms. The van der Waals surface area contributed by atoms with Crippen molar-refractivity contribution in [2.24, 2.45) is 0 Å². The molecule has 2 aromatic carbocycles. The van der Waals surface area contributed by atoms with Gasteiger partial charge in [0.05, 0.1) is 5.69 Å². The van der Waals surface area contributed by atoms with Gasteiger partial charge in [-0.05, 0) is 81.6 Å². The number of ether oxygens (including phenoxy) is 3. The van der Waals surface area contributed by atoms with E-state index in [1.54, 1.807) is 59.5 Å². The summed E-state index contributed by atoms with van der Waals surface area (Å²) in [5.41, 5.74) is 1.98. The van der Waals surface area contributed by atoms with Crippen molar-refractivity contribution >= 4 is 23.7 Å². The molecule has 252 valence electrons. The molecule has 0 radical (unpaired) electrons. The van der Waals surface area contributed by atoms with Crippen LogP contribution in [0.3, 0.4) is 0 Å². The largest absolute Gasteiger partial charge is 0.467 e. The number of nitrogens with zero attached hydrogens (tertiary/aromatic N) is 4. The highest BCUT2D eigenvalue weighted by Gasteiger charge is 2.29. The first-order valence-electron chi connectivity index (χ1n) is 15.8. The van der Waals surface area contributed by atoms with Crippen LogP contribution in [0.15, 0.2) is 79.0 Å². The van der Waals surface area contributed by atoms with Crippen molar-refractivity contribution in [1.82, 2.24) is 20.2 Å². The molecule has 3 heterocycles. The van der Waals surface area contributed by atoms with Gasteiger partial charge in [0.1, 0.15) is 28.7 Å². The van der Waals surface area contributed by atoms with Gasteiger partial charge in [-0.25, -0.2) is 9.78 Å². The van der Waals surface area contributed by atoms with E-state index in [0.29, 0.717) is 53.2 Å². The lowest BCUT2D eigenvalue weighted by atomic mass is 9.96. The molecule has 2 N–H and O–H groups in total. The lowest BCUT2D eigenvalue weighted by molar-refractivity contribution is 0.0185. The van der Waals surface area contributed by atoms with Crippen LogP contribution < -0.4 is 15.4 Å². The van der Waals surface area contributed by atoms with Crippen LogP contribution in [-0.2, 0) is 9.47 Å². The monoisotopic (exact) mass is 662 g/mol. The summed E-state index contributed by atoms with van der Waals surface area (Å²) in [4.78, 5) is 49.8. The summed E-state index contributed by atoms with van der Waals surface area (Å²) < 4.78 is 16.4. The Hall–Kier alpha value is -5.80. The van der Waals surface area contributed by atoms with Gasteiger partial charge in [0, 0.05) is 49.1 Å². The number of rotatable bonds is 9. The smallest absolute Gasteiger partial charge is 0.410 e. The van der Waals surface area contributed by atoms with Crippen LogP contribution >= 0.6 is 0 Å². The number of nitriles is 1. The highest BCUT2D eigenvalue weighted by Crippen LogP contribution is 2.36. The highest BCUT2D eigenvalue weighted by atomic mass is 16.7. The Morgan fingerprint density at radius 1 is 1.00 bits per heavy atom. The number of amides is 3. The maximum atomic E-state index is 13.5. The van der Waals surface area contributed by atoms with Crippen molar-refractivity contribution in [2.75, 3.05) is 32.3 Å². The second-order valence-corrected chi connectivity index (χ2v) is 12.4. The van der Waals surface area contributed by atoms with Gasteiger partial charge in [0.15, 0.2) is 12.6 Å². The molecule has 0 saturated carbocycles. The average Bonchev–Trinajstić information content (AvgIpc) is 3.10. The van der Waals surface area contributed by atoms with Crippen LogP contribution in [0, 0.1) is 11.3 Å². The van der Waals surface area contributed by atoms with Crippen LogP contribution in [0.2, 0.25) is 0 Å². The van der Waals surface area contributed by atoms with Crippen LogP contribution in [-0.4, -0.2) is 71.4 Å². The van der Waals surface area contributed by atoms with Crippen molar-refractivity contribution in [3.63, 3.8) is 0 Å². The normalized spacial score (nSPS) is 14.3. The third-order valence-corrected chi connectivity index (χ3v) is 7.60. The number of likely N-dealkylation sites (tertiary alicyclic amines) is 1. The van der Waals surface area contributed by atoms with Crippen LogP contribution in [0.4, 0.5) is 10.6 Å². The number of anilines is 1. The number of aromatic nitrogens is 2. The first-order chi connectivity index (χ1) is 23.6. The van der Waals surface area contributed by atoms with E-state index >= 15 is 0 Å². The molecule has 1 aliphatic heterocycles. The average molecular weight is 663 g/mol. The fourth-order valence-corrected chi connectivity index (χ4v) is 5.39. The van der Waals surface area contributed by atoms with Gasteiger partial charge in [-0.1, -0.05) is 30.3 Å². The minimum Gasteiger partial charge on any atom is -0.467 e. The molecule has 3 amide bonds. The highest BCUT2D eigenvalue weighted by molar-refractivity contribution is 6.04. The van der Waals surface area contributed by atoms with Gasteiger partial charge in [-0.2, -0.15) is 5.26 Å². The summed E-state index contributed by atoms with van der Waals surface area (Å²) in [6, 6.07) is 22.7. The summed E-state index contributed by atoms with van der Waals surface area (Å²) >= 11 is 0. The van der Waals surface area contributed by atoms with Crippen molar-refractivity contribution in [2.45, 2.75) is 45.3 Å². The summed E-state index contributed by atoms with van der Waals surface area (Å²) in [5.74, 6) is -0.368. The van der Waals surface area contributed by atoms with Gasteiger partial charge < -0.3 is 29.7 Å². The quantitative estimate of drug-likeness (QED) is 0.204. The van der Waals surface area contributed by atoms with Crippen molar-refractivity contribution in [3.8, 4) is 34.2 Å². The fraction of sp³-hybridized carbons (Fsp3) is 0.297. The number of carbonyl (C=O) groups is 3. The molecule has 1 saturated heterocycles. The SMILES string of the molecule is COCOc1ccccc1-c1cc(-c2cccc(C(=O)NC3CCCN(C(=O)OC(C)(C)C)C3)c2)c(C#N)c(NC(=O)c2ccccn2)n1. The minimum absolute atomic E-state index is 0.00287. The second kappa shape index (κ2) is 15.4. The van der Waals surface area contributed by atoms with E-state index in [1.165, 1.54) is 13.3 Å². The topological polar surface area (TPSA) is 156 Å². The molecule has 0 aliphatic carbocycles. The maximum Gasteiger partial charge on any atom is 0.410 e. The molecule has 1 atom stereocenters. The number of pyridine rings is 2. The fourth-order valence-electron chi connectivity index (χ4n) is 5.39. The van der Waals surface area contributed by atoms with Crippen LogP contribution in [0.1, 0.15) is 60.0 Å². The van der Waals surface area contributed by atoms with E-state index in [1.807, 2.05) is 39.0 Å². The lowest BCUT2D eigenvalue weighted by Gasteiger charge is -2.34. The predicted molar refractivity (Wildman–Crippen MR) is 183 cm³/mol. The van der Waals surface area contributed by atoms with Crippen LogP contribution in [0.5, 0.6) is 5.75 Å². The number of para-hydroxylation sites is 1. The Morgan fingerprint density at radius 2 is 1.80 bits per heavy atom. The number of hydrogen-bond acceptors (Lipinski definition) is 9. The number of nitrogens with one attached hydrogen (secondary N) is 2. The first-order valence-corrected chi connectivity index (χ1v) is 15.8. The third kappa shape index (κ3) is 8.77. The molecule has 2 aromatic heterocycles. The van der Waals surface area contributed by atoms with Gasteiger partial charge in [-0.3, -0.25) is 14.6 Å². The van der Waals surface area contributed by atoms with Crippen molar-refractivity contribution < 1.29 is 28.6 Å². The minimum atomic E-state index is -0.622. The van der Waals surface area contributed by atoms with E-state index in [4.69, 9.17) is 14.2 Å². The summed E-state index contributed by atoms with van der Waals surface area (Å²) in [6.07, 6.45) is 2.52. The molecular weight excluding hydrogens is 624 g/mol. The number of piperidine rings is 1. The predicted octanol–water partition coefficient (Wildman–Crippen LogP) is 6.05. The second-order valence-electron chi connectivity index (χ2n) is 12.4. The van der Waals surface area contributed by atoms with Crippen molar-refractivity contribution in [3.05, 3.63) is 95.8 Å². The summed E-state index contributed by atoms with van der Waals surface area (Å²) in [6.45, 7) is 6.33. The number of methoxy groups -OCH3 is 1. The number of benzene rings is 2. The molecule has 0 bridgehead atoms. The first kappa shape index (κ1) is 34.5. The van der Waals surface area contributed by atoms with E-state index in [2.05, 4.69) is 26.7 Å². The molecule has 1 aliphatic rings. The molecule has 1 fully saturated rings. The Balaban J connectivity index is 1.49. The van der Waals surface area contributed by atoms with E-state index in [0.717, 1.165) is 6.42 Å². The van der Waals surface area contributed by atoms with Gasteiger partial charge in [0.2, 0.25) is 0 Å². The van der Waals surface area contributed by atoms with Gasteiger partial charge in [-0.15, -0.1) is 0 Å². The zero-order chi connectivity index (χ0) is 35.0. The van der Waals surface area contributed by atoms with E-state index < -0.39 is 17.6 Å². The Bertz CT molecular complexity index is 1870. The third-order valence-electron chi connectivity index (χ3n) is 7.60. The molecule has 5 rings (SSSR count). The molecule has 4 aromatic rings. The molecule has 12 nitrogen and oxygen atoms in total.